The molecule has 1 rings (SSSR count). The smallest absolute Gasteiger partial charge is 0.354 e. The fraction of sp³-hybridized carbons (Fsp3) is 0.500. The Balaban J connectivity index is 2.92. The summed E-state index contributed by atoms with van der Waals surface area (Å²) < 4.78 is 4.75. The van der Waals surface area contributed by atoms with Crippen LogP contribution in [0.15, 0.2) is 11.3 Å². The van der Waals surface area contributed by atoms with Gasteiger partial charge in [-0.2, -0.15) is 0 Å². The highest BCUT2D eigenvalue weighted by Gasteiger charge is 2.25. The zero-order valence-electron chi connectivity index (χ0n) is 5.47. The third-order valence-corrected chi connectivity index (χ3v) is 1.54. The van der Waals surface area contributed by atoms with Crippen molar-refractivity contribution in [1.29, 1.82) is 0 Å². The number of cyclic esters (lactones) is 1. The van der Waals surface area contributed by atoms with Crippen LogP contribution in [0.1, 0.15) is 13.8 Å². The van der Waals surface area contributed by atoms with Gasteiger partial charge < -0.3 is 10.5 Å². The van der Waals surface area contributed by atoms with Gasteiger partial charge in [0, 0.05) is 0 Å². The lowest BCUT2D eigenvalue weighted by atomic mass is 10.2. The SMILES string of the molecule is CC1=C(N)C(=O)OC1C. The minimum Gasteiger partial charge on any atom is -0.453 e. The van der Waals surface area contributed by atoms with Crippen molar-refractivity contribution in [1.82, 2.24) is 0 Å². The van der Waals surface area contributed by atoms with Gasteiger partial charge in [-0.1, -0.05) is 0 Å². The van der Waals surface area contributed by atoms with Gasteiger partial charge in [0.25, 0.3) is 0 Å². The minimum atomic E-state index is -0.389. The highest BCUT2D eigenvalue weighted by molar-refractivity contribution is 5.90. The second kappa shape index (κ2) is 1.76. The summed E-state index contributed by atoms with van der Waals surface area (Å²) in [5.41, 5.74) is 6.42. The van der Waals surface area contributed by atoms with Gasteiger partial charge in [-0.15, -0.1) is 0 Å². The molecular formula is C6H9NO2. The van der Waals surface area contributed by atoms with E-state index in [0.717, 1.165) is 5.57 Å². The Morgan fingerprint density at radius 1 is 1.67 bits per heavy atom. The molecule has 0 aromatic rings. The second-order valence-electron chi connectivity index (χ2n) is 2.14. The van der Waals surface area contributed by atoms with Gasteiger partial charge in [-0.05, 0) is 19.4 Å². The highest BCUT2D eigenvalue weighted by atomic mass is 16.5. The van der Waals surface area contributed by atoms with Crippen LogP contribution < -0.4 is 5.73 Å². The van der Waals surface area contributed by atoms with E-state index >= 15 is 0 Å². The Kier molecular flexibility index (Phi) is 1.20. The van der Waals surface area contributed by atoms with Gasteiger partial charge >= 0.3 is 5.97 Å². The van der Waals surface area contributed by atoms with E-state index in [4.69, 9.17) is 10.5 Å². The zero-order valence-corrected chi connectivity index (χ0v) is 5.47. The molecule has 0 bridgehead atoms. The topological polar surface area (TPSA) is 52.3 Å². The molecule has 9 heavy (non-hydrogen) atoms. The third kappa shape index (κ3) is 0.781. The summed E-state index contributed by atoms with van der Waals surface area (Å²) in [6, 6.07) is 0. The van der Waals surface area contributed by atoms with Crippen molar-refractivity contribution in [3.05, 3.63) is 11.3 Å². The normalized spacial score (nSPS) is 26.9. The van der Waals surface area contributed by atoms with Crippen LogP contribution >= 0.6 is 0 Å². The van der Waals surface area contributed by atoms with Crippen LogP contribution in [0.4, 0.5) is 0 Å². The maximum Gasteiger partial charge on any atom is 0.354 e. The van der Waals surface area contributed by atoms with Gasteiger partial charge in [-0.25, -0.2) is 4.79 Å². The summed E-state index contributed by atoms with van der Waals surface area (Å²) in [5.74, 6) is -0.389. The predicted molar refractivity (Wildman–Crippen MR) is 32.4 cm³/mol. The van der Waals surface area contributed by atoms with E-state index in [1.807, 2.05) is 0 Å². The van der Waals surface area contributed by atoms with Crippen molar-refractivity contribution in [3.8, 4) is 0 Å². The lowest BCUT2D eigenvalue weighted by molar-refractivity contribution is -0.139. The number of hydrogen-bond donors (Lipinski definition) is 1. The molecule has 0 radical (unpaired) electrons. The van der Waals surface area contributed by atoms with E-state index in [2.05, 4.69) is 0 Å². The molecular weight excluding hydrogens is 118 g/mol. The van der Waals surface area contributed by atoms with E-state index < -0.39 is 0 Å². The maximum absolute atomic E-state index is 10.6. The molecule has 3 heteroatoms. The summed E-state index contributed by atoms with van der Waals surface area (Å²) >= 11 is 0. The first-order chi connectivity index (χ1) is 4.13. The van der Waals surface area contributed by atoms with E-state index in [1.165, 1.54) is 0 Å². The number of ether oxygens (including phenoxy) is 1. The van der Waals surface area contributed by atoms with Crippen molar-refractivity contribution < 1.29 is 9.53 Å². The molecule has 0 fully saturated rings. The van der Waals surface area contributed by atoms with Crippen LogP contribution in [0.5, 0.6) is 0 Å². The first-order valence-corrected chi connectivity index (χ1v) is 2.80. The van der Waals surface area contributed by atoms with Crippen molar-refractivity contribution in [2.45, 2.75) is 20.0 Å². The quantitative estimate of drug-likeness (QED) is 0.472. The molecule has 0 aliphatic carbocycles. The monoisotopic (exact) mass is 127 g/mol. The number of esters is 1. The molecule has 1 aliphatic rings. The molecule has 0 amide bonds. The molecule has 0 saturated heterocycles. The summed E-state index contributed by atoms with van der Waals surface area (Å²) in [5, 5.41) is 0. The van der Waals surface area contributed by atoms with Gasteiger partial charge in [0.2, 0.25) is 0 Å². The van der Waals surface area contributed by atoms with Crippen LogP contribution in [0.25, 0.3) is 0 Å². The van der Waals surface area contributed by atoms with Gasteiger partial charge in [0.15, 0.2) is 0 Å². The largest absolute Gasteiger partial charge is 0.453 e. The van der Waals surface area contributed by atoms with Crippen LogP contribution in [-0.4, -0.2) is 12.1 Å². The first-order valence-electron chi connectivity index (χ1n) is 2.80. The molecule has 0 saturated carbocycles. The fourth-order valence-corrected chi connectivity index (χ4v) is 0.692. The van der Waals surface area contributed by atoms with Crippen molar-refractivity contribution in [2.24, 2.45) is 5.73 Å². The van der Waals surface area contributed by atoms with E-state index in [1.54, 1.807) is 13.8 Å². The first kappa shape index (κ1) is 6.13. The number of nitrogens with two attached hydrogens (primary N) is 1. The Hall–Kier alpha value is -0.990. The lowest BCUT2D eigenvalue weighted by Gasteiger charge is -2.00. The second-order valence-corrected chi connectivity index (χ2v) is 2.14. The number of carbonyl (C=O) groups excluding carboxylic acids is 1. The van der Waals surface area contributed by atoms with Crippen LogP contribution in [0.3, 0.4) is 0 Å². The summed E-state index contributed by atoms with van der Waals surface area (Å²) in [7, 11) is 0. The van der Waals surface area contributed by atoms with Crippen LogP contribution in [-0.2, 0) is 9.53 Å². The average molecular weight is 127 g/mol. The predicted octanol–water partition coefficient (Wildman–Crippen LogP) is 0.164. The molecule has 2 N–H and O–H groups in total. The van der Waals surface area contributed by atoms with Crippen LogP contribution in [0, 0.1) is 0 Å². The zero-order chi connectivity index (χ0) is 7.02. The van der Waals surface area contributed by atoms with Crippen molar-refractivity contribution in [2.75, 3.05) is 0 Å². The Bertz CT molecular complexity index is 183. The fourth-order valence-electron chi connectivity index (χ4n) is 0.692. The van der Waals surface area contributed by atoms with Crippen molar-refractivity contribution in [3.63, 3.8) is 0 Å². The van der Waals surface area contributed by atoms with E-state index in [-0.39, 0.29) is 17.8 Å². The molecule has 0 aromatic heterocycles. The minimum absolute atomic E-state index is 0.127. The molecule has 50 valence electrons. The Morgan fingerprint density at radius 2 is 2.22 bits per heavy atom. The molecule has 0 aromatic carbocycles. The lowest BCUT2D eigenvalue weighted by Crippen LogP contribution is -2.08. The molecule has 0 spiro atoms. The van der Waals surface area contributed by atoms with Gasteiger partial charge in [0.05, 0.1) is 0 Å². The Morgan fingerprint density at radius 3 is 2.33 bits per heavy atom. The third-order valence-electron chi connectivity index (χ3n) is 1.54. The molecule has 1 unspecified atom stereocenters. The van der Waals surface area contributed by atoms with Crippen LogP contribution in [0.2, 0.25) is 0 Å². The Labute approximate surface area is 53.5 Å². The number of hydrogen-bond acceptors (Lipinski definition) is 3. The summed E-state index contributed by atoms with van der Waals surface area (Å²) in [6.07, 6.45) is -0.127. The van der Waals surface area contributed by atoms with E-state index in [9.17, 15) is 4.79 Å². The molecule has 1 atom stereocenters. The van der Waals surface area contributed by atoms with Crippen molar-refractivity contribution >= 4 is 5.97 Å². The summed E-state index contributed by atoms with van der Waals surface area (Å²) in [6.45, 7) is 3.60. The highest BCUT2D eigenvalue weighted by Crippen LogP contribution is 2.17. The molecule has 1 aliphatic heterocycles. The maximum atomic E-state index is 10.6. The number of carbonyl (C=O) groups is 1. The summed E-state index contributed by atoms with van der Waals surface area (Å²) in [4.78, 5) is 10.6. The molecule has 1 heterocycles. The van der Waals surface area contributed by atoms with Gasteiger partial charge in [-0.3, -0.25) is 0 Å². The van der Waals surface area contributed by atoms with E-state index in [0.29, 0.717) is 0 Å². The average Bonchev–Trinajstić information content (AvgIpc) is 1.98. The van der Waals surface area contributed by atoms with Gasteiger partial charge in [0.1, 0.15) is 11.8 Å². The molecule has 3 nitrogen and oxygen atoms in total. The standard InChI is InChI=1S/C6H9NO2/c1-3-4(2)9-6(8)5(3)7/h4H,7H2,1-2H3. The number of rotatable bonds is 0.